The Labute approximate surface area is 179 Å². The minimum Gasteiger partial charge on any atom is -0.497 e. The molecule has 162 valence electrons. The number of carbonyl (C=O) groups is 1. The molecule has 7 nitrogen and oxygen atoms in total. The van der Waals surface area contributed by atoms with E-state index in [2.05, 4.69) is 11.4 Å². The molecule has 2 rings (SSSR count). The van der Waals surface area contributed by atoms with Crippen LogP contribution in [0, 0.1) is 11.3 Å². The van der Waals surface area contributed by atoms with Crippen molar-refractivity contribution in [3.63, 3.8) is 0 Å². The van der Waals surface area contributed by atoms with Gasteiger partial charge < -0.3 is 24.1 Å². The van der Waals surface area contributed by atoms with Gasteiger partial charge in [0.2, 0.25) is 0 Å². The molecule has 0 atom stereocenters. The Morgan fingerprint density at radius 3 is 2.33 bits per heavy atom. The normalized spacial score (nSPS) is 18.0. The standard InChI is InChI=1S/C22H31BN2O5/c1-20(2,3)28-19(26)25-14-17(23-29-21(4,5)22(6,7)30-23)11-16-12-18(27-8)10-9-15(16)13-24/h9-12H,14H2,1-8H3,(H,25,26). The summed E-state index contributed by atoms with van der Waals surface area (Å²) in [6, 6.07) is 7.35. The molecule has 0 aliphatic carbocycles. The molecule has 30 heavy (non-hydrogen) atoms. The maximum Gasteiger partial charge on any atom is 0.492 e. The number of hydrogen-bond acceptors (Lipinski definition) is 6. The molecular weight excluding hydrogens is 383 g/mol. The van der Waals surface area contributed by atoms with Gasteiger partial charge in [-0.3, -0.25) is 0 Å². The average Bonchev–Trinajstić information content (AvgIpc) is 2.84. The summed E-state index contributed by atoms with van der Waals surface area (Å²) < 4.78 is 23.0. The van der Waals surface area contributed by atoms with Crippen LogP contribution in [0.4, 0.5) is 4.79 Å². The molecule has 0 unspecified atom stereocenters. The van der Waals surface area contributed by atoms with Crippen LogP contribution in [0.2, 0.25) is 0 Å². The third-order valence-electron chi connectivity index (χ3n) is 5.11. The Hall–Kier alpha value is -2.50. The molecule has 1 aromatic carbocycles. The van der Waals surface area contributed by atoms with Crippen molar-refractivity contribution in [3.8, 4) is 11.8 Å². The summed E-state index contributed by atoms with van der Waals surface area (Å²) in [5, 5.41) is 12.3. The molecule has 1 aliphatic rings. The summed E-state index contributed by atoms with van der Waals surface area (Å²) in [5.41, 5.74) is 0.0717. The SMILES string of the molecule is COc1ccc(C#N)c(C=C(CNC(=O)OC(C)(C)C)B2OC(C)(C)C(C)(C)O2)c1. The number of methoxy groups -OCH3 is 1. The van der Waals surface area contributed by atoms with Crippen molar-refractivity contribution in [1.82, 2.24) is 5.32 Å². The topological polar surface area (TPSA) is 89.8 Å². The second kappa shape index (κ2) is 8.70. The number of hydrogen-bond donors (Lipinski definition) is 1. The monoisotopic (exact) mass is 414 g/mol. The maximum absolute atomic E-state index is 12.2. The molecule has 1 heterocycles. The highest BCUT2D eigenvalue weighted by Crippen LogP contribution is 2.39. The van der Waals surface area contributed by atoms with E-state index in [0.717, 1.165) is 0 Å². The van der Waals surface area contributed by atoms with Gasteiger partial charge in [0.15, 0.2) is 0 Å². The van der Waals surface area contributed by atoms with Gasteiger partial charge in [-0.15, -0.1) is 0 Å². The van der Waals surface area contributed by atoms with E-state index in [1.165, 1.54) is 0 Å². The van der Waals surface area contributed by atoms with Crippen LogP contribution in [0.15, 0.2) is 23.7 Å². The Morgan fingerprint density at radius 1 is 1.23 bits per heavy atom. The number of nitriles is 1. The molecule has 1 fully saturated rings. The van der Waals surface area contributed by atoms with E-state index in [0.29, 0.717) is 22.3 Å². The van der Waals surface area contributed by atoms with Crippen molar-refractivity contribution in [3.05, 3.63) is 34.8 Å². The molecule has 0 bridgehead atoms. The molecule has 0 spiro atoms. The van der Waals surface area contributed by atoms with Crippen molar-refractivity contribution in [2.75, 3.05) is 13.7 Å². The number of alkyl carbamates (subject to hydrolysis) is 1. The fourth-order valence-electron chi connectivity index (χ4n) is 2.77. The average molecular weight is 414 g/mol. The van der Waals surface area contributed by atoms with E-state index in [1.807, 2.05) is 27.7 Å². The first-order valence-electron chi connectivity index (χ1n) is 9.89. The van der Waals surface area contributed by atoms with Gasteiger partial charge in [-0.05, 0) is 77.7 Å². The first-order valence-corrected chi connectivity index (χ1v) is 9.89. The van der Waals surface area contributed by atoms with E-state index < -0.39 is 30.0 Å². The van der Waals surface area contributed by atoms with Crippen molar-refractivity contribution < 1.29 is 23.6 Å². The predicted octanol–water partition coefficient (Wildman–Crippen LogP) is 4.11. The van der Waals surface area contributed by atoms with Crippen LogP contribution < -0.4 is 10.1 Å². The molecule has 1 aromatic rings. The highest BCUT2D eigenvalue weighted by molar-refractivity contribution is 6.56. The second-order valence-corrected chi connectivity index (χ2v) is 9.23. The maximum atomic E-state index is 12.2. The van der Waals surface area contributed by atoms with Crippen molar-refractivity contribution in [2.24, 2.45) is 0 Å². The van der Waals surface area contributed by atoms with Crippen LogP contribution in [0.3, 0.4) is 0 Å². The first kappa shape index (κ1) is 23.8. The zero-order chi connectivity index (χ0) is 22.7. The zero-order valence-electron chi connectivity index (χ0n) is 19.1. The lowest BCUT2D eigenvalue weighted by atomic mass is 9.76. The van der Waals surface area contributed by atoms with Gasteiger partial charge >= 0.3 is 13.2 Å². The Balaban J connectivity index is 2.39. The minimum absolute atomic E-state index is 0.133. The van der Waals surface area contributed by atoms with Crippen LogP contribution in [0.1, 0.15) is 59.6 Å². The van der Waals surface area contributed by atoms with Gasteiger partial charge in [-0.1, -0.05) is 6.08 Å². The van der Waals surface area contributed by atoms with Gasteiger partial charge in [0.1, 0.15) is 11.4 Å². The molecule has 1 aliphatic heterocycles. The number of ether oxygens (including phenoxy) is 2. The summed E-state index contributed by atoms with van der Waals surface area (Å²) >= 11 is 0. The number of benzene rings is 1. The fraction of sp³-hybridized carbons (Fsp3) is 0.545. The summed E-state index contributed by atoms with van der Waals surface area (Å²) in [6.45, 7) is 13.4. The molecule has 8 heteroatoms. The molecule has 1 saturated heterocycles. The van der Waals surface area contributed by atoms with Gasteiger partial charge in [-0.25, -0.2) is 4.79 Å². The largest absolute Gasteiger partial charge is 0.497 e. The molecule has 1 N–H and O–H groups in total. The van der Waals surface area contributed by atoms with E-state index in [-0.39, 0.29) is 6.54 Å². The molecular formula is C22H31BN2O5. The van der Waals surface area contributed by atoms with Crippen molar-refractivity contribution in [2.45, 2.75) is 65.3 Å². The fourth-order valence-corrected chi connectivity index (χ4v) is 2.77. The Kier molecular flexibility index (Phi) is 6.90. The summed E-state index contributed by atoms with van der Waals surface area (Å²) in [4.78, 5) is 12.2. The van der Waals surface area contributed by atoms with Crippen LogP contribution in [0.25, 0.3) is 6.08 Å². The van der Waals surface area contributed by atoms with Crippen LogP contribution >= 0.6 is 0 Å². The number of nitrogens with zero attached hydrogens (tertiary/aromatic N) is 1. The molecule has 0 aromatic heterocycles. The molecule has 1 amide bonds. The predicted molar refractivity (Wildman–Crippen MR) is 116 cm³/mol. The Morgan fingerprint density at radius 2 is 1.83 bits per heavy atom. The lowest BCUT2D eigenvalue weighted by Gasteiger charge is -2.32. The summed E-state index contributed by atoms with van der Waals surface area (Å²) in [5.74, 6) is 0.619. The van der Waals surface area contributed by atoms with Gasteiger partial charge in [-0.2, -0.15) is 5.26 Å². The van der Waals surface area contributed by atoms with Gasteiger partial charge in [0, 0.05) is 6.54 Å². The van der Waals surface area contributed by atoms with E-state index in [9.17, 15) is 10.1 Å². The second-order valence-electron chi connectivity index (χ2n) is 9.23. The van der Waals surface area contributed by atoms with Gasteiger partial charge in [0.25, 0.3) is 0 Å². The molecule has 0 radical (unpaired) electrons. The minimum atomic E-state index is -0.692. The van der Waals surface area contributed by atoms with Crippen LogP contribution in [0.5, 0.6) is 5.75 Å². The van der Waals surface area contributed by atoms with Crippen molar-refractivity contribution >= 4 is 19.3 Å². The number of nitrogens with one attached hydrogen (secondary N) is 1. The highest BCUT2D eigenvalue weighted by atomic mass is 16.7. The number of carbonyl (C=O) groups excluding carboxylic acids is 1. The quantitative estimate of drug-likeness (QED) is 0.730. The van der Waals surface area contributed by atoms with E-state index in [4.69, 9.17) is 18.8 Å². The number of rotatable bonds is 5. The molecule has 0 saturated carbocycles. The smallest absolute Gasteiger partial charge is 0.492 e. The zero-order valence-corrected chi connectivity index (χ0v) is 19.1. The third kappa shape index (κ3) is 5.77. The Bertz CT molecular complexity index is 849. The van der Waals surface area contributed by atoms with Crippen LogP contribution in [-0.2, 0) is 14.0 Å². The lowest BCUT2D eigenvalue weighted by molar-refractivity contribution is 0.00578. The van der Waals surface area contributed by atoms with Crippen molar-refractivity contribution in [1.29, 1.82) is 5.26 Å². The van der Waals surface area contributed by atoms with Crippen LogP contribution in [-0.4, -0.2) is 43.7 Å². The van der Waals surface area contributed by atoms with E-state index in [1.54, 1.807) is 52.2 Å². The van der Waals surface area contributed by atoms with E-state index >= 15 is 0 Å². The summed E-state index contributed by atoms with van der Waals surface area (Å²) in [6.07, 6.45) is 1.25. The summed E-state index contributed by atoms with van der Waals surface area (Å²) in [7, 11) is 0.872. The number of amides is 1. The third-order valence-corrected chi connectivity index (χ3v) is 5.11. The highest BCUT2D eigenvalue weighted by Gasteiger charge is 2.52. The lowest BCUT2D eigenvalue weighted by Crippen LogP contribution is -2.41. The first-order chi connectivity index (χ1) is 13.8. The van der Waals surface area contributed by atoms with Gasteiger partial charge in [0.05, 0.1) is 29.9 Å².